The van der Waals surface area contributed by atoms with Crippen LogP contribution in [-0.4, -0.2) is 19.9 Å². The monoisotopic (exact) mass is 475 g/mol. The lowest BCUT2D eigenvalue weighted by Gasteiger charge is -2.11. The SMILES string of the molecule is Fc1cccc(COc2ccc(Nc3ncnc4cc(C#Cc5ncc[nH]5)sc34)cc2Cl)c1. The first-order valence-electron chi connectivity index (χ1n) is 9.84. The van der Waals surface area contributed by atoms with Gasteiger partial charge < -0.3 is 15.0 Å². The van der Waals surface area contributed by atoms with Crippen LogP contribution in [0.25, 0.3) is 10.2 Å². The summed E-state index contributed by atoms with van der Waals surface area (Å²) >= 11 is 7.90. The largest absolute Gasteiger partial charge is 0.487 e. The number of thiophene rings is 1. The number of anilines is 2. The highest BCUT2D eigenvalue weighted by atomic mass is 35.5. The molecule has 0 spiro atoms. The first kappa shape index (κ1) is 20.9. The van der Waals surface area contributed by atoms with Crippen LogP contribution in [0.1, 0.15) is 16.3 Å². The number of rotatable bonds is 5. The first-order chi connectivity index (χ1) is 16.1. The van der Waals surface area contributed by atoms with Gasteiger partial charge in [-0.15, -0.1) is 11.3 Å². The molecule has 0 bridgehead atoms. The molecule has 0 fully saturated rings. The van der Waals surface area contributed by atoms with Gasteiger partial charge in [-0.2, -0.15) is 0 Å². The van der Waals surface area contributed by atoms with E-state index in [9.17, 15) is 4.39 Å². The van der Waals surface area contributed by atoms with Crippen molar-refractivity contribution in [1.29, 1.82) is 0 Å². The molecule has 3 aromatic heterocycles. The molecule has 0 saturated carbocycles. The van der Waals surface area contributed by atoms with E-state index in [2.05, 4.69) is 37.1 Å². The molecule has 33 heavy (non-hydrogen) atoms. The number of hydrogen-bond donors (Lipinski definition) is 2. The zero-order valence-corrected chi connectivity index (χ0v) is 18.5. The second kappa shape index (κ2) is 9.28. The van der Waals surface area contributed by atoms with E-state index in [1.165, 1.54) is 29.8 Å². The van der Waals surface area contributed by atoms with Crippen molar-refractivity contribution >= 4 is 44.7 Å². The molecule has 6 nitrogen and oxygen atoms in total. The number of imidazole rings is 1. The van der Waals surface area contributed by atoms with Crippen LogP contribution in [0.2, 0.25) is 5.02 Å². The smallest absolute Gasteiger partial charge is 0.183 e. The molecule has 0 unspecified atom stereocenters. The van der Waals surface area contributed by atoms with E-state index in [4.69, 9.17) is 16.3 Å². The van der Waals surface area contributed by atoms with Crippen LogP contribution in [0.3, 0.4) is 0 Å². The minimum absolute atomic E-state index is 0.216. The predicted molar refractivity (Wildman–Crippen MR) is 127 cm³/mol. The van der Waals surface area contributed by atoms with E-state index in [0.717, 1.165) is 26.3 Å². The summed E-state index contributed by atoms with van der Waals surface area (Å²) in [5.41, 5.74) is 2.26. The van der Waals surface area contributed by atoms with Gasteiger partial charge in [0.15, 0.2) is 11.6 Å². The summed E-state index contributed by atoms with van der Waals surface area (Å²) in [5, 5.41) is 3.71. The maximum atomic E-state index is 13.3. The quantitative estimate of drug-likeness (QED) is 0.308. The average Bonchev–Trinajstić information content (AvgIpc) is 3.47. The number of nitrogens with zero attached hydrogens (tertiary/aromatic N) is 3. The summed E-state index contributed by atoms with van der Waals surface area (Å²) in [7, 11) is 0. The fraction of sp³-hybridized carbons (Fsp3) is 0.0417. The molecule has 9 heteroatoms. The Labute approximate surface area is 197 Å². The van der Waals surface area contributed by atoms with Crippen LogP contribution in [0.5, 0.6) is 5.75 Å². The van der Waals surface area contributed by atoms with Gasteiger partial charge in [0.1, 0.15) is 24.5 Å². The molecular formula is C24H15ClFN5OS. The molecule has 5 rings (SSSR count). The Morgan fingerprint density at radius 2 is 2.03 bits per heavy atom. The van der Waals surface area contributed by atoms with E-state index in [-0.39, 0.29) is 12.4 Å². The van der Waals surface area contributed by atoms with Crippen LogP contribution >= 0.6 is 22.9 Å². The molecule has 0 aliphatic rings. The van der Waals surface area contributed by atoms with Gasteiger partial charge in [0, 0.05) is 18.1 Å². The van der Waals surface area contributed by atoms with Gasteiger partial charge in [0.05, 0.1) is 20.1 Å². The predicted octanol–water partition coefficient (Wildman–Crippen LogP) is 5.93. The molecule has 5 aromatic rings. The highest BCUT2D eigenvalue weighted by Gasteiger charge is 2.10. The van der Waals surface area contributed by atoms with Crippen LogP contribution in [0, 0.1) is 17.7 Å². The fourth-order valence-electron chi connectivity index (χ4n) is 3.08. The number of fused-ring (bicyclic) bond motifs is 1. The third-order valence-corrected chi connectivity index (χ3v) is 5.93. The van der Waals surface area contributed by atoms with Gasteiger partial charge in [-0.25, -0.2) is 19.3 Å². The lowest BCUT2D eigenvalue weighted by Crippen LogP contribution is -1.98. The summed E-state index contributed by atoms with van der Waals surface area (Å²) in [6.45, 7) is 0.216. The second-order valence-corrected chi connectivity index (χ2v) is 8.38. The van der Waals surface area contributed by atoms with Crippen molar-refractivity contribution in [1.82, 2.24) is 19.9 Å². The lowest BCUT2D eigenvalue weighted by molar-refractivity contribution is 0.306. The molecule has 2 N–H and O–H groups in total. The minimum Gasteiger partial charge on any atom is -0.487 e. The highest BCUT2D eigenvalue weighted by molar-refractivity contribution is 7.20. The standard InChI is InChI=1S/C24H15ClFN5OS/c25-19-11-17(4-6-21(19)32-13-15-2-1-3-16(26)10-15)31-24-23-20(29-14-30-24)12-18(33-23)5-7-22-27-8-9-28-22/h1-4,6,8-12,14H,13H2,(H,27,28)(H,29,30,31). The van der Waals surface area contributed by atoms with E-state index >= 15 is 0 Å². The zero-order chi connectivity index (χ0) is 22.6. The van der Waals surface area contributed by atoms with E-state index in [0.29, 0.717) is 22.4 Å². The molecule has 3 heterocycles. The van der Waals surface area contributed by atoms with Crippen molar-refractivity contribution in [2.75, 3.05) is 5.32 Å². The number of benzene rings is 2. The molecule has 162 valence electrons. The van der Waals surface area contributed by atoms with Gasteiger partial charge in [-0.05, 0) is 53.8 Å². The molecule has 0 saturated heterocycles. The van der Waals surface area contributed by atoms with Crippen molar-refractivity contribution in [3.63, 3.8) is 0 Å². The Morgan fingerprint density at radius 3 is 2.85 bits per heavy atom. The van der Waals surface area contributed by atoms with Crippen molar-refractivity contribution < 1.29 is 9.13 Å². The summed E-state index contributed by atoms with van der Waals surface area (Å²) in [6.07, 6.45) is 4.88. The number of aromatic nitrogens is 4. The summed E-state index contributed by atoms with van der Waals surface area (Å²) in [5.74, 6) is 7.54. The third-order valence-electron chi connectivity index (χ3n) is 4.59. The highest BCUT2D eigenvalue weighted by Crippen LogP contribution is 2.33. The van der Waals surface area contributed by atoms with Crippen molar-refractivity contribution in [3.05, 3.63) is 94.4 Å². The molecule has 0 atom stereocenters. The minimum atomic E-state index is -0.304. The van der Waals surface area contributed by atoms with Crippen LogP contribution in [0.4, 0.5) is 15.9 Å². The Bertz CT molecular complexity index is 1490. The van der Waals surface area contributed by atoms with Gasteiger partial charge in [0.25, 0.3) is 0 Å². The lowest BCUT2D eigenvalue weighted by atomic mass is 10.2. The summed E-state index contributed by atoms with van der Waals surface area (Å²) < 4.78 is 20.0. The van der Waals surface area contributed by atoms with Crippen molar-refractivity contribution in [2.24, 2.45) is 0 Å². The molecule has 0 aliphatic carbocycles. The summed E-state index contributed by atoms with van der Waals surface area (Å²) in [4.78, 5) is 16.6. The Balaban J connectivity index is 1.33. The Hall–Kier alpha value is -3.93. The van der Waals surface area contributed by atoms with Gasteiger partial charge in [0.2, 0.25) is 0 Å². The Morgan fingerprint density at radius 1 is 1.09 bits per heavy atom. The topological polar surface area (TPSA) is 75.7 Å². The van der Waals surface area contributed by atoms with E-state index in [1.807, 2.05) is 12.1 Å². The van der Waals surface area contributed by atoms with Crippen molar-refractivity contribution in [3.8, 4) is 17.6 Å². The third kappa shape index (κ3) is 4.95. The number of nitrogens with one attached hydrogen (secondary N) is 2. The molecule has 0 radical (unpaired) electrons. The van der Waals surface area contributed by atoms with E-state index in [1.54, 1.807) is 36.7 Å². The van der Waals surface area contributed by atoms with E-state index < -0.39 is 0 Å². The van der Waals surface area contributed by atoms with Gasteiger partial charge in [-0.1, -0.05) is 23.7 Å². The molecular weight excluding hydrogens is 461 g/mol. The molecule has 0 amide bonds. The number of ether oxygens (including phenoxy) is 1. The average molecular weight is 476 g/mol. The number of hydrogen-bond acceptors (Lipinski definition) is 6. The van der Waals surface area contributed by atoms with Crippen LogP contribution in [-0.2, 0) is 6.61 Å². The molecule has 0 aliphatic heterocycles. The van der Waals surface area contributed by atoms with Crippen LogP contribution < -0.4 is 10.1 Å². The number of aromatic amines is 1. The zero-order valence-electron chi connectivity index (χ0n) is 17.0. The maximum absolute atomic E-state index is 13.3. The fourth-order valence-corrected chi connectivity index (χ4v) is 4.22. The number of halogens is 2. The number of H-pyrrole nitrogens is 1. The maximum Gasteiger partial charge on any atom is 0.183 e. The van der Waals surface area contributed by atoms with Gasteiger partial charge in [-0.3, -0.25) is 0 Å². The first-order valence-corrected chi connectivity index (χ1v) is 11.0. The Kier molecular flexibility index (Phi) is 5.89. The second-order valence-electron chi connectivity index (χ2n) is 6.92. The normalized spacial score (nSPS) is 10.6. The van der Waals surface area contributed by atoms with Crippen molar-refractivity contribution in [2.45, 2.75) is 6.61 Å². The van der Waals surface area contributed by atoms with Gasteiger partial charge >= 0.3 is 0 Å². The van der Waals surface area contributed by atoms with Crippen LogP contribution in [0.15, 0.2) is 67.3 Å². The summed E-state index contributed by atoms with van der Waals surface area (Å²) in [6, 6.07) is 13.5. The molecule has 2 aromatic carbocycles.